The second-order valence-electron chi connectivity index (χ2n) is 5.95. The number of carbonyl (C=O) groups is 2. The van der Waals surface area contributed by atoms with Crippen LogP contribution in [0.5, 0.6) is 0 Å². The van der Waals surface area contributed by atoms with E-state index in [-0.39, 0.29) is 36.0 Å². The van der Waals surface area contributed by atoms with Crippen molar-refractivity contribution >= 4 is 11.9 Å². The van der Waals surface area contributed by atoms with Crippen LogP contribution in [0, 0.1) is 5.92 Å². The van der Waals surface area contributed by atoms with Crippen molar-refractivity contribution in [1.82, 2.24) is 10.6 Å². The van der Waals surface area contributed by atoms with E-state index in [1.54, 1.807) is 0 Å². The van der Waals surface area contributed by atoms with Crippen molar-refractivity contribution in [2.75, 3.05) is 6.61 Å². The minimum Gasteiger partial charge on any atom is -0.462 e. The van der Waals surface area contributed by atoms with Gasteiger partial charge in [0, 0.05) is 5.54 Å². The summed E-state index contributed by atoms with van der Waals surface area (Å²) in [6, 6.07) is -0.847. The Bertz CT molecular complexity index is 323. The van der Waals surface area contributed by atoms with Gasteiger partial charge in [0.15, 0.2) is 0 Å². The number of esters is 1. The number of rotatable bonds is 3. The molecular weight excluding hydrogens is 232 g/mol. The summed E-state index contributed by atoms with van der Waals surface area (Å²) in [5.41, 5.74) is -0.286. The molecule has 5 heteroatoms. The summed E-state index contributed by atoms with van der Waals surface area (Å²) < 4.78 is 5.10. The van der Waals surface area contributed by atoms with Gasteiger partial charge in [-0.25, -0.2) is 0 Å². The van der Waals surface area contributed by atoms with Crippen molar-refractivity contribution in [3.8, 4) is 0 Å². The van der Waals surface area contributed by atoms with Gasteiger partial charge in [0.1, 0.15) is 18.7 Å². The molecule has 2 N–H and O–H groups in total. The maximum absolute atomic E-state index is 12.0. The zero-order valence-corrected chi connectivity index (χ0v) is 11.9. The second-order valence-corrected chi connectivity index (χ2v) is 5.95. The molecule has 0 aromatic carbocycles. The van der Waals surface area contributed by atoms with E-state index in [2.05, 4.69) is 10.6 Å². The van der Waals surface area contributed by atoms with Crippen LogP contribution in [-0.4, -0.2) is 36.1 Å². The number of morpholine rings is 1. The van der Waals surface area contributed by atoms with Gasteiger partial charge in [0.25, 0.3) is 0 Å². The first-order chi connectivity index (χ1) is 8.24. The van der Waals surface area contributed by atoms with Crippen LogP contribution in [-0.2, 0) is 14.3 Å². The van der Waals surface area contributed by atoms with Crippen LogP contribution >= 0.6 is 0 Å². The Kier molecular flexibility index (Phi) is 4.73. The lowest BCUT2D eigenvalue weighted by molar-refractivity contribution is -0.155. The third kappa shape index (κ3) is 3.98. The molecule has 104 valence electrons. The minimum atomic E-state index is -0.457. The molecule has 0 saturated carbocycles. The molecule has 2 unspecified atom stereocenters. The van der Waals surface area contributed by atoms with Gasteiger partial charge < -0.3 is 10.1 Å². The Hall–Kier alpha value is -1.10. The quantitative estimate of drug-likeness (QED) is 0.734. The van der Waals surface area contributed by atoms with Gasteiger partial charge in [0.2, 0.25) is 5.91 Å². The van der Waals surface area contributed by atoms with Crippen LogP contribution in [0.4, 0.5) is 0 Å². The van der Waals surface area contributed by atoms with E-state index < -0.39 is 6.04 Å². The van der Waals surface area contributed by atoms with E-state index in [9.17, 15) is 9.59 Å². The molecule has 0 radical (unpaired) electrons. The van der Waals surface area contributed by atoms with E-state index in [1.165, 1.54) is 0 Å². The number of hydrogen-bond acceptors (Lipinski definition) is 4. The Morgan fingerprint density at radius 2 is 2.17 bits per heavy atom. The van der Waals surface area contributed by atoms with Crippen LogP contribution in [0.3, 0.4) is 0 Å². The number of cyclic esters (lactones) is 1. The molecule has 5 nitrogen and oxygen atoms in total. The van der Waals surface area contributed by atoms with Crippen molar-refractivity contribution in [2.24, 2.45) is 5.92 Å². The zero-order valence-electron chi connectivity index (χ0n) is 11.9. The minimum absolute atomic E-state index is 0.105. The molecular formula is C13H24N2O3. The molecule has 0 aromatic heterocycles. The molecule has 1 heterocycles. The third-order valence-corrected chi connectivity index (χ3v) is 3.05. The predicted molar refractivity (Wildman–Crippen MR) is 69.0 cm³/mol. The van der Waals surface area contributed by atoms with E-state index >= 15 is 0 Å². The van der Waals surface area contributed by atoms with Crippen LogP contribution in [0.25, 0.3) is 0 Å². The molecule has 0 bridgehead atoms. The summed E-state index contributed by atoms with van der Waals surface area (Å²) in [4.78, 5) is 23.6. The lowest BCUT2D eigenvalue weighted by Gasteiger charge is -2.33. The lowest BCUT2D eigenvalue weighted by Crippen LogP contribution is -2.61. The van der Waals surface area contributed by atoms with E-state index in [0.717, 1.165) is 6.42 Å². The van der Waals surface area contributed by atoms with Crippen molar-refractivity contribution in [3.05, 3.63) is 0 Å². The number of ether oxygens (including phenoxy) is 1. The monoisotopic (exact) mass is 256 g/mol. The summed E-state index contributed by atoms with van der Waals surface area (Å²) in [5.74, 6) is -0.227. The van der Waals surface area contributed by atoms with Gasteiger partial charge >= 0.3 is 5.97 Å². The van der Waals surface area contributed by atoms with Gasteiger partial charge in [-0.15, -0.1) is 0 Å². The molecule has 0 spiro atoms. The highest BCUT2D eigenvalue weighted by atomic mass is 16.5. The first-order valence-electron chi connectivity index (χ1n) is 6.49. The predicted octanol–water partition coefficient (Wildman–Crippen LogP) is 0.831. The molecule has 3 atom stereocenters. The summed E-state index contributed by atoms with van der Waals surface area (Å²) in [6.45, 7) is 9.86. The van der Waals surface area contributed by atoms with E-state index in [1.807, 2.05) is 34.6 Å². The van der Waals surface area contributed by atoms with Crippen LogP contribution in [0.15, 0.2) is 0 Å². The molecule has 0 aliphatic carbocycles. The lowest BCUT2D eigenvalue weighted by atomic mass is 9.97. The summed E-state index contributed by atoms with van der Waals surface area (Å²) >= 11 is 0. The van der Waals surface area contributed by atoms with Gasteiger partial charge in [0.05, 0.1) is 0 Å². The Labute approximate surface area is 109 Å². The normalized spacial score (nSPS) is 26.4. The van der Waals surface area contributed by atoms with Crippen LogP contribution < -0.4 is 10.6 Å². The van der Waals surface area contributed by atoms with Crippen molar-refractivity contribution < 1.29 is 14.3 Å². The molecule has 1 amide bonds. The van der Waals surface area contributed by atoms with Crippen molar-refractivity contribution in [1.29, 1.82) is 0 Å². The second kappa shape index (κ2) is 5.69. The largest absolute Gasteiger partial charge is 0.462 e. The molecule has 18 heavy (non-hydrogen) atoms. The summed E-state index contributed by atoms with van der Waals surface area (Å²) in [6.07, 6.45) is 0.861. The maximum atomic E-state index is 12.0. The Morgan fingerprint density at radius 3 is 2.67 bits per heavy atom. The maximum Gasteiger partial charge on any atom is 0.323 e. The van der Waals surface area contributed by atoms with Crippen molar-refractivity contribution in [2.45, 2.75) is 58.7 Å². The molecule has 1 aliphatic rings. The van der Waals surface area contributed by atoms with Gasteiger partial charge in [-0.1, -0.05) is 20.3 Å². The Balaban J connectivity index is 2.64. The third-order valence-electron chi connectivity index (χ3n) is 3.05. The Morgan fingerprint density at radius 1 is 1.56 bits per heavy atom. The highest BCUT2D eigenvalue weighted by Crippen LogP contribution is 2.14. The van der Waals surface area contributed by atoms with Crippen LogP contribution in [0.2, 0.25) is 0 Å². The van der Waals surface area contributed by atoms with Crippen LogP contribution in [0.1, 0.15) is 41.0 Å². The topological polar surface area (TPSA) is 67.4 Å². The fraction of sp³-hybridized carbons (Fsp3) is 0.846. The van der Waals surface area contributed by atoms with E-state index in [4.69, 9.17) is 4.74 Å². The average molecular weight is 256 g/mol. The molecule has 1 fully saturated rings. The van der Waals surface area contributed by atoms with Gasteiger partial charge in [-0.05, 0) is 26.7 Å². The average Bonchev–Trinajstić information content (AvgIpc) is 2.26. The molecule has 0 aromatic rings. The SMILES string of the molecule is CCC(C)[C@@H]1NC(C(=O)NC(C)(C)C)COC1=O. The fourth-order valence-corrected chi connectivity index (χ4v) is 1.83. The highest BCUT2D eigenvalue weighted by Gasteiger charge is 2.36. The summed E-state index contributed by atoms with van der Waals surface area (Å²) in [7, 11) is 0. The molecule has 1 saturated heterocycles. The number of hydrogen-bond donors (Lipinski definition) is 2. The summed E-state index contributed by atoms with van der Waals surface area (Å²) in [5, 5.41) is 5.98. The first kappa shape index (κ1) is 15.0. The number of amides is 1. The molecule has 1 aliphatic heterocycles. The highest BCUT2D eigenvalue weighted by molar-refractivity contribution is 5.86. The number of carbonyl (C=O) groups excluding carboxylic acids is 2. The fourth-order valence-electron chi connectivity index (χ4n) is 1.83. The smallest absolute Gasteiger partial charge is 0.323 e. The van der Waals surface area contributed by atoms with Gasteiger partial charge in [-0.2, -0.15) is 0 Å². The zero-order chi connectivity index (χ0) is 13.9. The van der Waals surface area contributed by atoms with E-state index in [0.29, 0.717) is 0 Å². The standard InChI is InChI=1S/C13H24N2O3/c1-6-8(2)10-12(17)18-7-9(14-10)11(16)15-13(3,4)5/h8-10,14H,6-7H2,1-5H3,(H,15,16)/t8?,9?,10-/m0/s1. The van der Waals surface area contributed by atoms with Crippen molar-refractivity contribution in [3.63, 3.8) is 0 Å². The van der Waals surface area contributed by atoms with Gasteiger partial charge in [-0.3, -0.25) is 14.9 Å². The number of nitrogens with one attached hydrogen (secondary N) is 2. The molecule has 1 rings (SSSR count). The first-order valence-corrected chi connectivity index (χ1v) is 6.49.